The van der Waals surface area contributed by atoms with Gasteiger partial charge in [0.15, 0.2) is 0 Å². The molecule has 0 aromatic heterocycles. The molecule has 3 rings (SSSR count). The van der Waals surface area contributed by atoms with Gasteiger partial charge < -0.3 is 10.6 Å². The van der Waals surface area contributed by atoms with Crippen molar-refractivity contribution in [2.75, 3.05) is 24.5 Å². The summed E-state index contributed by atoms with van der Waals surface area (Å²) in [6, 6.07) is 9.01. The Morgan fingerprint density at radius 2 is 1.95 bits per heavy atom. The first-order chi connectivity index (χ1) is 9.76. The zero-order valence-corrected chi connectivity index (χ0v) is 12.7. The van der Waals surface area contributed by atoms with Gasteiger partial charge in [-0.25, -0.2) is 0 Å². The molecule has 2 fully saturated rings. The number of nitrogens with zero attached hydrogens (tertiary/aromatic N) is 1. The molecule has 2 saturated carbocycles. The highest BCUT2D eigenvalue weighted by Gasteiger charge is 2.39. The van der Waals surface area contributed by atoms with Gasteiger partial charge in [-0.3, -0.25) is 0 Å². The second-order valence-corrected chi connectivity index (χ2v) is 6.86. The highest BCUT2D eigenvalue weighted by molar-refractivity contribution is 5.47. The maximum atomic E-state index is 5.72. The first kappa shape index (κ1) is 13.9. The molecule has 2 bridgehead atoms. The first-order valence-electron chi connectivity index (χ1n) is 8.28. The van der Waals surface area contributed by atoms with Crippen molar-refractivity contribution in [2.45, 2.75) is 39.0 Å². The lowest BCUT2D eigenvalue weighted by Crippen LogP contribution is -2.33. The van der Waals surface area contributed by atoms with E-state index in [1.165, 1.54) is 43.5 Å². The van der Waals surface area contributed by atoms with Crippen LogP contribution in [-0.2, 0) is 0 Å². The third-order valence-corrected chi connectivity index (χ3v) is 5.37. The molecule has 0 saturated heterocycles. The maximum absolute atomic E-state index is 5.72. The van der Waals surface area contributed by atoms with Gasteiger partial charge in [-0.2, -0.15) is 0 Å². The Bertz CT molecular complexity index is 426. The lowest BCUT2D eigenvalue weighted by Gasteiger charge is -2.31. The standard InChI is InChI=1S/C18H28N2/c1-14-3-7-18(8-4-14)20(10-2-9-19)13-17-12-15-5-6-16(17)11-15/h3-4,7-8,15-17H,2,5-6,9-13,19H2,1H3. The topological polar surface area (TPSA) is 29.3 Å². The Morgan fingerprint density at radius 3 is 2.55 bits per heavy atom. The van der Waals surface area contributed by atoms with E-state index in [4.69, 9.17) is 5.73 Å². The fraction of sp³-hybridized carbons (Fsp3) is 0.667. The Labute approximate surface area is 123 Å². The van der Waals surface area contributed by atoms with Crippen LogP contribution in [0.3, 0.4) is 0 Å². The fourth-order valence-electron chi connectivity index (χ4n) is 4.25. The lowest BCUT2D eigenvalue weighted by atomic mass is 9.88. The van der Waals surface area contributed by atoms with Crippen LogP contribution in [0.1, 0.15) is 37.7 Å². The van der Waals surface area contributed by atoms with Gasteiger partial charge in [0, 0.05) is 18.8 Å². The van der Waals surface area contributed by atoms with Gasteiger partial charge in [0.25, 0.3) is 0 Å². The molecular weight excluding hydrogens is 244 g/mol. The lowest BCUT2D eigenvalue weighted by molar-refractivity contribution is 0.333. The normalized spacial score (nSPS) is 28.0. The summed E-state index contributed by atoms with van der Waals surface area (Å²) in [4.78, 5) is 2.58. The van der Waals surface area contributed by atoms with E-state index in [2.05, 4.69) is 36.1 Å². The van der Waals surface area contributed by atoms with E-state index in [0.717, 1.165) is 37.3 Å². The fourth-order valence-corrected chi connectivity index (χ4v) is 4.25. The van der Waals surface area contributed by atoms with Crippen LogP contribution in [-0.4, -0.2) is 19.6 Å². The predicted molar refractivity (Wildman–Crippen MR) is 86.0 cm³/mol. The molecule has 1 aromatic carbocycles. The van der Waals surface area contributed by atoms with Gasteiger partial charge >= 0.3 is 0 Å². The molecule has 0 heterocycles. The van der Waals surface area contributed by atoms with Crippen molar-refractivity contribution in [1.82, 2.24) is 0 Å². The monoisotopic (exact) mass is 272 g/mol. The van der Waals surface area contributed by atoms with E-state index in [1.54, 1.807) is 0 Å². The van der Waals surface area contributed by atoms with Crippen LogP contribution >= 0.6 is 0 Å². The summed E-state index contributed by atoms with van der Waals surface area (Å²) < 4.78 is 0. The third kappa shape index (κ3) is 3.01. The Balaban J connectivity index is 1.67. The molecule has 2 nitrogen and oxygen atoms in total. The summed E-state index contributed by atoms with van der Waals surface area (Å²) >= 11 is 0. The van der Waals surface area contributed by atoms with Gasteiger partial charge in [0.2, 0.25) is 0 Å². The van der Waals surface area contributed by atoms with E-state index < -0.39 is 0 Å². The molecular formula is C18H28N2. The molecule has 0 amide bonds. The molecule has 2 aliphatic carbocycles. The van der Waals surface area contributed by atoms with Crippen molar-refractivity contribution >= 4 is 5.69 Å². The number of benzene rings is 1. The molecule has 3 atom stereocenters. The Kier molecular flexibility index (Phi) is 4.30. The average Bonchev–Trinajstić information content (AvgIpc) is 3.07. The van der Waals surface area contributed by atoms with E-state index in [-0.39, 0.29) is 0 Å². The van der Waals surface area contributed by atoms with Crippen molar-refractivity contribution in [2.24, 2.45) is 23.5 Å². The minimum atomic E-state index is 0.791. The first-order valence-corrected chi connectivity index (χ1v) is 8.28. The van der Waals surface area contributed by atoms with E-state index in [1.807, 2.05) is 0 Å². The smallest absolute Gasteiger partial charge is 0.0366 e. The van der Waals surface area contributed by atoms with Crippen LogP contribution in [0.5, 0.6) is 0 Å². The zero-order valence-electron chi connectivity index (χ0n) is 12.7. The largest absolute Gasteiger partial charge is 0.371 e. The number of hydrogen-bond donors (Lipinski definition) is 1. The number of anilines is 1. The van der Waals surface area contributed by atoms with Gasteiger partial charge in [-0.1, -0.05) is 24.1 Å². The van der Waals surface area contributed by atoms with Crippen molar-refractivity contribution in [3.05, 3.63) is 29.8 Å². The molecule has 2 aliphatic rings. The highest BCUT2D eigenvalue weighted by atomic mass is 15.1. The summed E-state index contributed by atoms with van der Waals surface area (Å²) in [6.45, 7) is 5.29. The molecule has 20 heavy (non-hydrogen) atoms. The number of hydrogen-bond acceptors (Lipinski definition) is 2. The second-order valence-electron chi connectivity index (χ2n) is 6.86. The van der Waals surface area contributed by atoms with E-state index in [9.17, 15) is 0 Å². The highest BCUT2D eigenvalue weighted by Crippen LogP contribution is 2.48. The third-order valence-electron chi connectivity index (χ3n) is 5.37. The van der Waals surface area contributed by atoms with Gasteiger partial charge in [0.05, 0.1) is 0 Å². The maximum Gasteiger partial charge on any atom is 0.0366 e. The average molecular weight is 272 g/mol. The minimum absolute atomic E-state index is 0.791. The Morgan fingerprint density at radius 1 is 1.15 bits per heavy atom. The second kappa shape index (κ2) is 6.17. The number of fused-ring (bicyclic) bond motifs is 2. The summed E-state index contributed by atoms with van der Waals surface area (Å²) in [5.74, 6) is 2.97. The SMILES string of the molecule is Cc1ccc(N(CCCN)CC2CC3CCC2C3)cc1. The van der Waals surface area contributed by atoms with Gasteiger partial charge in [0.1, 0.15) is 0 Å². The predicted octanol–water partition coefficient (Wildman–Crippen LogP) is 3.59. The quantitative estimate of drug-likeness (QED) is 0.857. The summed E-state index contributed by atoms with van der Waals surface area (Å²) in [5, 5.41) is 0. The summed E-state index contributed by atoms with van der Waals surface area (Å²) in [5.41, 5.74) is 8.44. The molecule has 1 aromatic rings. The number of aryl methyl sites for hydroxylation is 1. The molecule has 110 valence electrons. The van der Waals surface area contributed by atoms with Crippen molar-refractivity contribution < 1.29 is 0 Å². The molecule has 0 aliphatic heterocycles. The molecule has 0 spiro atoms. The van der Waals surface area contributed by atoms with Crippen LogP contribution in [0, 0.1) is 24.7 Å². The van der Waals surface area contributed by atoms with E-state index in [0.29, 0.717) is 0 Å². The van der Waals surface area contributed by atoms with Crippen molar-refractivity contribution in [1.29, 1.82) is 0 Å². The van der Waals surface area contributed by atoms with Crippen LogP contribution < -0.4 is 10.6 Å². The molecule has 3 unspecified atom stereocenters. The zero-order chi connectivity index (χ0) is 13.9. The van der Waals surface area contributed by atoms with Crippen molar-refractivity contribution in [3.8, 4) is 0 Å². The van der Waals surface area contributed by atoms with Crippen LogP contribution in [0.25, 0.3) is 0 Å². The van der Waals surface area contributed by atoms with Gasteiger partial charge in [-0.15, -0.1) is 0 Å². The van der Waals surface area contributed by atoms with Crippen LogP contribution in [0.4, 0.5) is 5.69 Å². The summed E-state index contributed by atoms with van der Waals surface area (Å²) in [6.07, 6.45) is 7.04. The molecule has 2 N–H and O–H groups in total. The van der Waals surface area contributed by atoms with Crippen LogP contribution in [0.15, 0.2) is 24.3 Å². The number of rotatable bonds is 6. The minimum Gasteiger partial charge on any atom is -0.371 e. The van der Waals surface area contributed by atoms with Crippen LogP contribution in [0.2, 0.25) is 0 Å². The van der Waals surface area contributed by atoms with Crippen molar-refractivity contribution in [3.63, 3.8) is 0 Å². The Hall–Kier alpha value is -1.02. The number of nitrogens with two attached hydrogens (primary N) is 1. The molecule has 0 radical (unpaired) electrons. The molecule has 2 heteroatoms. The van der Waals surface area contributed by atoms with E-state index >= 15 is 0 Å². The van der Waals surface area contributed by atoms with Gasteiger partial charge in [-0.05, 0) is 69.0 Å². The summed E-state index contributed by atoms with van der Waals surface area (Å²) in [7, 11) is 0.